The Kier molecular flexibility index (Phi) is 4.39. The first kappa shape index (κ1) is 16.4. The zero-order valence-corrected chi connectivity index (χ0v) is 13.1. The molecule has 5 nitrogen and oxygen atoms in total. The van der Waals surface area contributed by atoms with E-state index in [0.29, 0.717) is 6.42 Å². The Morgan fingerprint density at radius 3 is 2.67 bits per heavy atom. The Balaban J connectivity index is 2.26. The van der Waals surface area contributed by atoms with Crippen molar-refractivity contribution in [1.82, 2.24) is 4.72 Å². The second-order valence-electron chi connectivity index (χ2n) is 5.87. The molecule has 1 aliphatic rings. The van der Waals surface area contributed by atoms with Gasteiger partial charge in [-0.25, -0.2) is 17.5 Å². The number of hydrogen-bond donors (Lipinski definition) is 2. The molecule has 1 aromatic carbocycles. The van der Waals surface area contributed by atoms with E-state index in [1.807, 2.05) is 13.8 Å². The SMILES string of the molecule is COC1CC(NS(=O)(=O)c2cc(F)ccc2CO)C1(C)C. The van der Waals surface area contributed by atoms with Crippen LogP contribution in [0.2, 0.25) is 0 Å². The van der Waals surface area contributed by atoms with Gasteiger partial charge in [0.1, 0.15) is 5.82 Å². The third kappa shape index (κ3) is 2.96. The number of aliphatic hydroxyl groups excluding tert-OH is 1. The standard InChI is InChI=1S/C14H20FNO4S/c1-14(2)12(7-13(14)20-3)16-21(18,19)11-6-10(15)5-4-9(11)8-17/h4-6,12-13,16-17H,7-8H2,1-3H3. The second kappa shape index (κ2) is 5.64. The van der Waals surface area contributed by atoms with E-state index in [0.717, 1.165) is 12.1 Å². The summed E-state index contributed by atoms with van der Waals surface area (Å²) in [5, 5.41) is 9.23. The largest absolute Gasteiger partial charge is 0.392 e. The fraction of sp³-hybridized carbons (Fsp3) is 0.571. The summed E-state index contributed by atoms with van der Waals surface area (Å²) in [6.45, 7) is 3.36. The van der Waals surface area contributed by atoms with Gasteiger partial charge in [-0.2, -0.15) is 0 Å². The summed E-state index contributed by atoms with van der Waals surface area (Å²) in [6.07, 6.45) is 0.544. The van der Waals surface area contributed by atoms with Crippen LogP contribution in [0.1, 0.15) is 25.8 Å². The molecule has 1 saturated carbocycles. The van der Waals surface area contributed by atoms with Gasteiger partial charge in [0.2, 0.25) is 10.0 Å². The van der Waals surface area contributed by atoms with Gasteiger partial charge in [0, 0.05) is 18.6 Å². The van der Waals surface area contributed by atoms with Crippen LogP contribution in [0.5, 0.6) is 0 Å². The predicted molar refractivity (Wildman–Crippen MR) is 75.6 cm³/mol. The molecule has 2 N–H and O–H groups in total. The molecule has 0 heterocycles. The Hall–Kier alpha value is -1.02. The molecule has 1 aromatic rings. The molecule has 21 heavy (non-hydrogen) atoms. The second-order valence-corrected chi connectivity index (χ2v) is 7.55. The van der Waals surface area contributed by atoms with Gasteiger partial charge < -0.3 is 9.84 Å². The van der Waals surface area contributed by atoms with Crippen LogP contribution in [0.15, 0.2) is 23.1 Å². The Morgan fingerprint density at radius 1 is 1.48 bits per heavy atom. The molecular weight excluding hydrogens is 297 g/mol. The molecule has 0 bridgehead atoms. The quantitative estimate of drug-likeness (QED) is 0.861. The molecule has 118 valence electrons. The average molecular weight is 317 g/mol. The number of ether oxygens (including phenoxy) is 1. The molecule has 2 rings (SSSR count). The number of sulfonamides is 1. The van der Waals surface area contributed by atoms with Gasteiger partial charge in [-0.3, -0.25) is 0 Å². The minimum Gasteiger partial charge on any atom is -0.392 e. The molecule has 0 aromatic heterocycles. The zero-order valence-electron chi connectivity index (χ0n) is 12.3. The summed E-state index contributed by atoms with van der Waals surface area (Å²) in [5.74, 6) is -0.657. The van der Waals surface area contributed by atoms with Crippen LogP contribution in [-0.4, -0.2) is 32.8 Å². The molecule has 0 radical (unpaired) electrons. The van der Waals surface area contributed by atoms with Crippen molar-refractivity contribution in [2.45, 2.75) is 43.9 Å². The highest BCUT2D eigenvalue weighted by Gasteiger charge is 2.50. The first-order valence-electron chi connectivity index (χ1n) is 6.66. The van der Waals surface area contributed by atoms with E-state index < -0.39 is 22.4 Å². The topological polar surface area (TPSA) is 75.6 Å². The van der Waals surface area contributed by atoms with Gasteiger partial charge in [0.15, 0.2) is 0 Å². The Morgan fingerprint density at radius 2 is 2.14 bits per heavy atom. The van der Waals surface area contributed by atoms with Crippen molar-refractivity contribution >= 4 is 10.0 Å². The van der Waals surface area contributed by atoms with Gasteiger partial charge in [-0.05, 0) is 24.1 Å². The summed E-state index contributed by atoms with van der Waals surface area (Å²) in [7, 11) is -2.30. The first-order chi connectivity index (χ1) is 9.72. The highest BCUT2D eigenvalue weighted by atomic mass is 32.2. The monoisotopic (exact) mass is 317 g/mol. The van der Waals surface area contributed by atoms with E-state index in [2.05, 4.69) is 4.72 Å². The number of benzene rings is 1. The summed E-state index contributed by atoms with van der Waals surface area (Å²) in [4.78, 5) is -0.221. The number of hydrogen-bond acceptors (Lipinski definition) is 4. The van der Waals surface area contributed by atoms with Crippen LogP contribution in [0.3, 0.4) is 0 Å². The Labute approximate surface area is 124 Å². The fourth-order valence-electron chi connectivity index (χ4n) is 2.65. The number of nitrogens with one attached hydrogen (secondary N) is 1. The van der Waals surface area contributed by atoms with Crippen molar-refractivity contribution in [2.24, 2.45) is 5.41 Å². The van der Waals surface area contributed by atoms with E-state index in [9.17, 15) is 17.9 Å². The number of methoxy groups -OCH3 is 1. The smallest absolute Gasteiger partial charge is 0.241 e. The van der Waals surface area contributed by atoms with Gasteiger partial charge in [0.05, 0.1) is 17.6 Å². The van der Waals surface area contributed by atoms with E-state index in [1.54, 1.807) is 7.11 Å². The maximum absolute atomic E-state index is 13.3. The van der Waals surface area contributed by atoms with Crippen LogP contribution in [0.25, 0.3) is 0 Å². The van der Waals surface area contributed by atoms with Crippen molar-refractivity contribution in [3.05, 3.63) is 29.6 Å². The highest BCUT2D eigenvalue weighted by molar-refractivity contribution is 7.89. The molecule has 0 aliphatic heterocycles. The number of aliphatic hydroxyl groups is 1. The number of rotatable bonds is 5. The van der Waals surface area contributed by atoms with Crippen molar-refractivity contribution in [3.8, 4) is 0 Å². The van der Waals surface area contributed by atoms with E-state index in [-0.39, 0.29) is 28.0 Å². The number of halogens is 1. The lowest BCUT2D eigenvalue weighted by atomic mass is 9.65. The maximum atomic E-state index is 13.3. The molecule has 0 saturated heterocycles. The molecule has 1 aliphatic carbocycles. The van der Waals surface area contributed by atoms with E-state index in [4.69, 9.17) is 4.74 Å². The minimum absolute atomic E-state index is 0.0185. The normalized spacial score (nSPS) is 24.6. The predicted octanol–water partition coefficient (Wildman–Crippen LogP) is 1.41. The van der Waals surface area contributed by atoms with Crippen LogP contribution < -0.4 is 4.72 Å². The third-order valence-corrected chi connectivity index (χ3v) is 5.80. The van der Waals surface area contributed by atoms with Gasteiger partial charge in [-0.1, -0.05) is 19.9 Å². The summed E-state index contributed by atoms with van der Waals surface area (Å²) in [6, 6.07) is 3.03. The fourth-order valence-corrected chi connectivity index (χ4v) is 4.29. The average Bonchev–Trinajstić information content (AvgIpc) is 2.43. The van der Waals surface area contributed by atoms with E-state index >= 15 is 0 Å². The van der Waals surface area contributed by atoms with Crippen molar-refractivity contribution in [2.75, 3.05) is 7.11 Å². The molecule has 2 atom stereocenters. The van der Waals surface area contributed by atoms with Crippen LogP contribution in [0, 0.1) is 11.2 Å². The molecule has 0 spiro atoms. The van der Waals surface area contributed by atoms with Crippen LogP contribution >= 0.6 is 0 Å². The Bertz CT molecular complexity index is 630. The lowest BCUT2D eigenvalue weighted by Crippen LogP contribution is -2.61. The molecule has 2 unspecified atom stereocenters. The van der Waals surface area contributed by atoms with Gasteiger partial charge >= 0.3 is 0 Å². The summed E-state index contributed by atoms with van der Waals surface area (Å²) < 4.78 is 46.0. The van der Waals surface area contributed by atoms with Crippen molar-refractivity contribution < 1.29 is 22.7 Å². The van der Waals surface area contributed by atoms with Crippen molar-refractivity contribution in [1.29, 1.82) is 0 Å². The lowest BCUT2D eigenvalue weighted by Gasteiger charge is -2.51. The third-order valence-electron chi connectivity index (χ3n) is 4.25. The van der Waals surface area contributed by atoms with Crippen LogP contribution in [-0.2, 0) is 21.4 Å². The van der Waals surface area contributed by atoms with Crippen LogP contribution in [0.4, 0.5) is 4.39 Å². The van der Waals surface area contributed by atoms with E-state index in [1.165, 1.54) is 6.07 Å². The van der Waals surface area contributed by atoms with Gasteiger partial charge in [-0.15, -0.1) is 0 Å². The maximum Gasteiger partial charge on any atom is 0.241 e. The molecule has 0 amide bonds. The van der Waals surface area contributed by atoms with Gasteiger partial charge in [0.25, 0.3) is 0 Å². The molecular formula is C14H20FNO4S. The van der Waals surface area contributed by atoms with Crippen molar-refractivity contribution in [3.63, 3.8) is 0 Å². The molecule has 7 heteroatoms. The summed E-state index contributed by atoms with van der Waals surface area (Å²) in [5.41, 5.74) is -0.168. The molecule has 1 fully saturated rings. The first-order valence-corrected chi connectivity index (χ1v) is 8.15. The lowest BCUT2D eigenvalue weighted by molar-refractivity contribution is -0.0908. The minimum atomic E-state index is -3.89. The zero-order chi connectivity index (χ0) is 15.8. The summed E-state index contributed by atoms with van der Waals surface area (Å²) >= 11 is 0. The highest BCUT2D eigenvalue weighted by Crippen LogP contribution is 2.43.